The number of aromatic nitrogens is 1. The molecule has 0 radical (unpaired) electrons. The number of rotatable bonds is 4. The average molecular weight is 391 g/mol. The maximum absolute atomic E-state index is 13.3. The third-order valence-corrected chi connectivity index (χ3v) is 4.89. The summed E-state index contributed by atoms with van der Waals surface area (Å²) in [6, 6.07) is 18.9. The first-order chi connectivity index (χ1) is 13.5. The van der Waals surface area contributed by atoms with Crippen molar-refractivity contribution in [1.29, 1.82) is 5.26 Å². The SMILES string of the molecule is CO[N+](=O)c1cccc(C(=O)c2cc(C#N)c3ccc4c(Cl)cccc4n23)c1. The number of carbonyl (C=O) groups excluding carboxylic acids is 1. The summed E-state index contributed by atoms with van der Waals surface area (Å²) in [5.41, 5.74) is 2.52. The summed E-state index contributed by atoms with van der Waals surface area (Å²) < 4.78 is 1.72. The summed E-state index contributed by atoms with van der Waals surface area (Å²) >= 11 is 6.30. The highest BCUT2D eigenvalue weighted by Crippen LogP contribution is 2.29. The molecule has 2 aromatic carbocycles. The number of nitrogens with zero attached hydrogens (tertiary/aromatic N) is 3. The molecule has 2 aromatic heterocycles. The zero-order valence-electron chi connectivity index (χ0n) is 14.7. The summed E-state index contributed by atoms with van der Waals surface area (Å²) in [6.45, 7) is 0. The number of carbonyl (C=O) groups is 1. The molecular formula is C21H13ClN3O3+. The molecule has 0 fully saturated rings. The van der Waals surface area contributed by atoms with Crippen LogP contribution in [0.5, 0.6) is 0 Å². The summed E-state index contributed by atoms with van der Waals surface area (Å²) in [4.78, 5) is 29.9. The Balaban J connectivity index is 1.99. The van der Waals surface area contributed by atoms with Gasteiger partial charge in [0.05, 0.1) is 27.2 Å². The van der Waals surface area contributed by atoms with Crippen molar-refractivity contribution in [2.45, 2.75) is 0 Å². The third kappa shape index (κ3) is 2.70. The zero-order valence-corrected chi connectivity index (χ0v) is 15.5. The van der Waals surface area contributed by atoms with E-state index in [1.807, 2.05) is 12.1 Å². The van der Waals surface area contributed by atoms with Gasteiger partial charge in [0.1, 0.15) is 6.07 Å². The van der Waals surface area contributed by atoms with Gasteiger partial charge in [-0.25, -0.2) is 4.84 Å². The minimum atomic E-state index is -0.324. The van der Waals surface area contributed by atoms with Crippen LogP contribution in [0.15, 0.2) is 60.7 Å². The number of fused-ring (bicyclic) bond motifs is 3. The molecule has 0 aliphatic rings. The van der Waals surface area contributed by atoms with Crippen molar-refractivity contribution in [2.24, 2.45) is 0 Å². The van der Waals surface area contributed by atoms with Crippen LogP contribution in [0.25, 0.3) is 16.4 Å². The van der Waals surface area contributed by atoms with Crippen LogP contribution in [0.2, 0.25) is 5.02 Å². The zero-order chi connectivity index (χ0) is 19.8. The van der Waals surface area contributed by atoms with Crippen LogP contribution >= 0.6 is 11.6 Å². The largest absolute Gasteiger partial charge is 0.317 e. The minimum Gasteiger partial charge on any atom is -0.305 e. The molecule has 0 unspecified atom stereocenters. The van der Waals surface area contributed by atoms with Crippen molar-refractivity contribution in [1.82, 2.24) is 4.40 Å². The lowest BCUT2D eigenvalue weighted by Gasteiger charge is -2.08. The second-order valence-electron chi connectivity index (χ2n) is 6.10. The van der Waals surface area contributed by atoms with Crippen LogP contribution in [0.1, 0.15) is 21.6 Å². The molecule has 6 nitrogen and oxygen atoms in total. The molecule has 0 N–H and O–H groups in total. The molecule has 28 heavy (non-hydrogen) atoms. The van der Waals surface area contributed by atoms with E-state index in [1.54, 1.807) is 46.9 Å². The Bertz CT molecular complexity index is 1320. The summed E-state index contributed by atoms with van der Waals surface area (Å²) in [5.74, 6) is -0.324. The lowest BCUT2D eigenvalue weighted by Crippen LogP contribution is -2.07. The van der Waals surface area contributed by atoms with E-state index in [2.05, 4.69) is 10.9 Å². The topological polar surface area (TPSA) is 74.6 Å². The van der Waals surface area contributed by atoms with Gasteiger partial charge in [-0.3, -0.25) is 4.79 Å². The van der Waals surface area contributed by atoms with Crippen molar-refractivity contribution in [2.75, 3.05) is 7.11 Å². The Kier molecular flexibility index (Phi) is 4.30. The van der Waals surface area contributed by atoms with Crippen molar-refractivity contribution in [3.63, 3.8) is 0 Å². The minimum absolute atomic E-state index is 0.197. The second kappa shape index (κ2) is 6.80. The first-order valence-corrected chi connectivity index (χ1v) is 8.72. The molecule has 0 spiro atoms. The molecule has 0 atom stereocenters. The average Bonchev–Trinajstić information content (AvgIpc) is 3.12. The van der Waals surface area contributed by atoms with E-state index in [0.717, 1.165) is 5.39 Å². The first kappa shape index (κ1) is 17.7. The summed E-state index contributed by atoms with van der Waals surface area (Å²) in [7, 11) is 1.25. The van der Waals surface area contributed by atoms with E-state index in [1.165, 1.54) is 13.2 Å². The van der Waals surface area contributed by atoms with Crippen LogP contribution < -0.4 is 0 Å². The van der Waals surface area contributed by atoms with Gasteiger partial charge in [0, 0.05) is 28.1 Å². The van der Waals surface area contributed by atoms with Crippen molar-refractivity contribution < 1.29 is 14.6 Å². The maximum atomic E-state index is 13.3. The Morgan fingerprint density at radius 1 is 1.11 bits per heavy atom. The Labute approximate surface area is 164 Å². The second-order valence-corrected chi connectivity index (χ2v) is 6.51. The van der Waals surface area contributed by atoms with E-state index >= 15 is 0 Å². The number of nitriles is 1. The number of hydrogen-bond acceptors (Lipinski definition) is 4. The van der Waals surface area contributed by atoms with Crippen molar-refractivity contribution in [3.05, 3.63) is 87.4 Å². The first-order valence-electron chi connectivity index (χ1n) is 8.34. The highest BCUT2D eigenvalue weighted by atomic mass is 35.5. The standard InChI is InChI=1S/C21H13ClN3O3/c1-28-25(27)15-5-2-4-13(10-15)21(26)20-11-14(12-23)18-9-8-16-17(22)6-3-7-19(16)24(18)20/h2-11H,1H3/q+1. The lowest BCUT2D eigenvalue weighted by atomic mass is 10.1. The number of hydrogen-bond donors (Lipinski definition) is 0. The van der Waals surface area contributed by atoms with Gasteiger partial charge in [-0.2, -0.15) is 5.26 Å². The van der Waals surface area contributed by atoms with Crippen LogP contribution in [0.3, 0.4) is 0 Å². The van der Waals surface area contributed by atoms with E-state index in [4.69, 9.17) is 11.6 Å². The van der Waals surface area contributed by atoms with Gasteiger partial charge < -0.3 is 4.40 Å². The fraction of sp³-hybridized carbons (Fsp3) is 0.0476. The molecule has 0 bridgehead atoms. The van der Waals surface area contributed by atoms with Crippen LogP contribution in [0, 0.1) is 16.2 Å². The normalized spacial score (nSPS) is 10.8. The Morgan fingerprint density at radius 3 is 2.64 bits per heavy atom. The van der Waals surface area contributed by atoms with E-state index in [0.29, 0.717) is 37.8 Å². The van der Waals surface area contributed by atoms with Gasteiger partial charge in [-0.1, -0.05) is 29.8 Å². The van der Waals surface area contributed by atoms with Crippen LogP contribution in [-0.4, -0.2) is 22.2 Å². The smallest absolute Gasteiger partial charge is 0.305 e. The summed E-state index contributed by atoms with van der Waals surface area (Å²) in [6.07, 6.45) is 0. The molecule has 136 valence electrons. The van der Waals surface area contributed by atoms with Gasteiger partial charge >= 0.3 is 5.69 Å². The predicted octanol–water partition coefficient (Wildman–Crippen LogP) is 4.82. The quantitative estimate of drug-likeness (QED) is 0.370. The van der Waals surface area contributed by atoms with E-state index < -0.39 is 0 Å². The predicted molar refractivity (Wildman–Crippen MR) is 105 cm³/mol. The number of ketones is 1. The molecule has 7 heteroatoms. The molecule has 4 rings (SSSR count). The molecule has 0 amide bonds. The maximum Gasteiger partial charge on any atom is 0.317 e. The van der Waals surface area contributed by atoms with Gasteiger partial charge in [0.15, 0.2) is 7.11 Å². The van der Waals surface area contributed by atoms with Crippen LogP contribution in [-0.2, 0) is 4.84 Å². The highest BCUT2D eigenvalue weighted by molar-refractivity contribution is 6.35. The molecule has 0 aliphatic heterocycles. The fourth-order valence-corrected chi connectivity index (χ4v) is 3.50. The molecule has 0 saturated heterocycles. The fourth-order valence-electron chi connectivity index (χ4n) is 3.27. The highest BCUT2D eigenvalue weighted by Gasteiger charge is 2.22. The third-order valence-electron chi connectivity index (χ3n) is 4.56. The monoisotopic (exact) mass is 390 g/mol. The number of benzene rings is 2. The van der Waals surface area contributed by atoms with E-state index in [-0.39, 0.29) is 11.5 Å². The number of pyridine rings is 1. The number of halogens is 1. The Morgan fingerprint density at radius 2 is 1.89 bits per heavy atom. The molecule has 0 saturated carbocycles. The van der Waals surface area contributed by atoms with E-state index in [9.17, 15) is 15.0 Å². The van der Waals surface area contributed by atoms with Gasteiger partial charge in [-0.15, -0.1) is 0 Å². The Hall–Kier alpha value is -3.69. The van der Waals surface area contributed by atoms with Crippen molar-refractivity contribution >= 4 is 39.5 Å². The lowest BCUT2D eigenvalue weighted by molar-refractivity contribution is -0.736. The molecule has 4 aromatic rings. The van der Waals surface area contributed by atoms with Crippen molar-refractivity contribution in [3.8, 4) is 6.07 Å². The van der Waals surface area contributed by atoms with Gasteiger partial charge in [-0.05, 0) is 30.3 Å². The molecule has 2 heterocycles. The molecule has 0 aliphatic carbocycles. The van der Waals surface area contributed by atoms with Gasteiger partial charge in [0.2, 0.25) is 5.78 Å². The summed E-state index contributed by atoms with van der Waals surface area (Å²) in [5, 5.41) is 10.8. The van der Waals surface area contributed by atoms with Crippen LogP contribution in [0.4, 0.5) is 5.69 Å². The molecular weight excluding hydrogens is 378 g/mol. The van der Waals surface area contributed by atoms with Gasteiger partial charge in [0.25, 0.3) is 4.92 Å².